The van der Waals surface area contributed by atoms with Gasteiger partial charge in [-0.25, -0.2) is 4.79 Å². The molecule has 3 atom stereocenters. The Kier molecular flexibility index (Phi) is 3.31. The van der Waals surface area contributed by atoms with E-state index in [1.807, 2.05) is 13.0 Å². The van der Waals surface area contributed by atoms with Gasteiger partial charge in [-0.1, -0.05) is 11.6 Å². The zero-order chi connectivity index (χ0) is 15.3. The summed E-state index contributed by atoms with van der Waals surface area (Å²) in [5, 5.41) is 19.5. The van der Waals surface area contributed by atoms with Crippen LogP contribution in [0.1, 0.15) is 24.5 Å². The van der Waals surface area contributed by atoms with Crippen LogP contribution in [0, 0.1) is 18.3 Å². The average Bonchev–Trinajstić information content (AvgIpc) is 2.95. The van der Waals surface area contributed by atoms with E-state index in [1.165, 1.54) is 0 Å². The van der Waals surface area contributed by atoms with Gasteiger partial charge in [0.05, 0.1) is 34.5 Å². The van der Waals surface area contributed by atoms with Crippen LogP contribution >= 0.6 is 11.6 Å². The molecular formula is C15H16ClN3O2. The van der Waals surface area contributed by atoms with Gasteiger partial charge in [-0.3, -0.25) is 4.90 Å². The summed E-state index contributed by atoms with van der Waals surface area (Å²) in [6, 6.07) is 5.01. The number of hydrogen-bond acceptors (Lipinski definition) is 3. The lowest BCUT2D eigenvalue weighted by Crippen LogP contribution is -2.39. The monoisotopic (exact) mass is 305 g/mol. The molecule has 5 nitrogen and oxygen atoms in total. The fourth-order valence-electron chi connectivity index (χ4n) is 3.41. The second kappa shape index (κ2) is 4.90. The van der Waals surface area contributed by atoms with Gasteiger partial charge in [-0.15, -0.1) is 0 Å². The van der Waals surface area contributed by atoms with E-state index in [9.17, 15) is 9.90 Å². The van der Waals surface area contributed by atoms with Crippen molar-refractivity contribution < 1.29 is 9.90 Å². The molecule has 2 fully saturated rings. The maximum absolute atomic E-state index is 12.6. The Hall–Kier alpha value is -1.77. The molecule has 3 rings (SSSR count). The van der Waals surface area contributed by atoms with Crippen molar-refractivity contribution in [3.05, 3.63) is 28.3 Å². The molecule has 2 aliphatic rings. The maximum Gasteiger partial charge on any atom is 0.325 e. The number of urea groups is 1. The van der Waals surface area contributed by atoms with Gasteiger partial charge in [0.25, 0.3) is 0 Å². The summed E-state index contributed by atoms with van der Waals surface area (Å²) in [6.07, 6.45) is 0.143. The van der Waals surface area contributed by atoms with E-state index in [-0.39, 0.29) is 18.1 Å². The summed E-state index contributed by atoms with van der Waals surface area (Å²) < 4.78 is 0. The standard InChI is InChI=1S/C15H16ClN3O2/c1-8-11(4-3-10(7-17)13(8)16)19-9(2)14-12(20)5-6-18(14)15(19)21/h3-4,9,12,14,20H,5-6H2,1-2H3/t9?,12-,14-/m1/s1. The molecule has 1 aromatic carbocycles. The number of hydrogen-bond donors (Lipinski definition) is 1. The molecule has 1 aromatic rings. The Balaban J connectivity index is 2.04. The molecule has 2 aliphatic heterocycles. The third kappa shape index (κ3) is 1.90. The summed E-state index contributed by atoms with van der Waals surface area (Å²) in [4.78, 5) is 16.0. The molecule has 6 heteroatoms. The molecule has 0 radical (unpaired) electrons. The fourth-order valence-corrected chi connectivity index (χ4v) is 3.62. The van der Waals surface area contributed by atoms with Crippen molar-refractivity contribution >= 4 is 23.3 Å². The highest BCUT2D eigenvalue weighted by Crippen LogP contribution is 2.38. The first-order chi connectivity index (χ1) is 9.97. The molecule has 0 bridgehead atoms. The predicted octanol–water partition coefficient (Wildman–Crippen LogP) is 2.28. The summed E-state index contributed by atoms with van der Waals surface area (Å²) in [5.74, 6) is 0. The molecule has 1 unspecified atom stereocenters. The van der Waals surface area contributed by atoms with E-state index in [1.54, 1.807) is 28.9 Å². The van der Waals surface area contributed by atoms with Gasteiger partial charge in [-0.05, 0) is 38.0 Å². The molecular weight excluding hydrogens is 290 g/mol. The first kappa shape index (κ1) is 14.2. The zero-order valence-corrected chi connectivity index (χ0v) is 12.6. The van der Waals surface area contributed by atoms with Crippen LogP contribution in [0.4, 0.5) is 10.5 Å². The smallest absolute Gasteiger partial charge is 0.325 e. The van der Waals surface area contributed by atoms with Gasteiger partial charge in [0, 0.05) is 6.54 Å². The first-order valence-electron chi connectivity index (χ1n) is 6.94. The number of carbonyl (C=O) groups is 1. The molecule has 110 valence electrons. The van der Waals surface area contributed by atoms with Crippen molar-refractivity contribution in [1.29, 1.82) is 5.26 Å². The first-order valence-corrected chi connectivity index (χ1v) is 7.32. The molecule has 2 saturated heterocycles. The molecule has 21 heavy (non-hydrogen) atoms. The molecule has 0 aromatic heterocycles. The van der Waals surface area contributed by atoms with Gasteiger partial charge in [0.1, 0.15) is 6.07 Å². The summed E-state index contributed by atoms with van der Waals surface area (Å²) in [5.41, 5.74) is 1.82. The Morgan fingerprint density at radius 2 is 2.19 bits per heavy atom. The lowest BCUT2D eigenvalue weighted by atomic mass is 10.0. The summed E-state index contributed by atoms with van der Waals surface area (Å²) in [7, 11) is 0. The molecule has 0 saturated carbocycles. The van der Waals surface area contributed by atoms with E-state index in [2.05, 4.69) is 0 Å². The van der Waals surface area contributed by atoms with Gasteiger partial charge in [-0.2, -0.15) is 5.26 Å². The van der Waals surface area contributed by atoms with Gasteiger partial charge in [0.15, 0.2) is 0 Å². The summed E-state index contributed by atoms with van der Waals surface area (Å²) in [6.45, 7) is 4.32. The zero-order valence-electron chi connectivity index (χ0n) is 11.9. The van der Waals surface area contributed by atoms with Crippen LogP contribution in [0.15, 0.2) is 12.1 Å². The van der Waals surface area contributed by atoms with E-state index in [0.29, 0.717) is 34.8 Å². The van der Waals surface area contributed by atoms with Crippen LogP contribution in [0.25, 0.3) is 0 Å². The second-order valence-corrected chi connectivity index (χ2v) is 5.99. The number of nitriles is 1. The lowest BCUT2D eigenvalue weighted by Gasteiger charge is -2.26. The third-order valence-electron chi connectivity index (χ3n) is 4.51. The Morgan fingerprint density at radius 1 is 1.48 bits per heavy atom. The summed E-state index contributed by atoms with van der Waals surface area (Å²) >= 11 is 6.20. The van der Waals surface area contributed by atoms with Gasteiger partial charge in [0.2, 0.25) is 0 Å². The highest BCUT2D eigenvalue weighted by Gasteiger charge is 2.50. The van der Waals surface area contributed by atoms with Crippen molar-refractivity contribution in [2.45, 2.75) is 38.5 Å². The Labute approximate surface area is 128 Å². The van der Waals surface area contributed by atoms with Crippen LogP contribution in [0.5, 0.6) is 0 Å². The SMILES string of the molecule is Cc1c(N2C(=O)N3CC[C@@H](O)[C@H]3C2C)ccc(C#N)c1Cl. The van der Waals surface area contributed by atoms with Crippen LogP contribution in [0.3, 0.4) is 0 Å². The van der Waals surface area contributed by atoms with Crippen LogP contribution in [-0.2, 0) is 0 Å². The lowest BCUT2D eigenvalue weighted by molar-refractivity contribution is 0.133. The normalized spacial score (nSPS) is 28.0. The van der Waals surface area contributed by atoms with E-state index < -0.39 is 6.10 Å². The molecule has 2 amide bonds. The maximum atomic E-state index is 12.6. The number of anilines is 1. The number of halogens is 1. The molecule has 1 N–H and O–H groups in total. The van der Waals surface area contributed by atoms with Crippen LogP contribution in [-0.4, -0.2) is 40.8 Å². The number of aliphatic hydroxyl groups is 1. The van der Waals surface area contributed by atoms with Crippen molar-refractivity contribution in [1.82, 2.24) is 4.90 Å². The van der Waals surface area contributed by atoms with Gasteiger partial charge >= 0.3 is 6.03 Å². The Bertz CT molecular complexity index is 655. The fraction of sp³-hybridized carbons (Fsp3) is 0.467. The number of fused-ring (bicyclic) bond motifs is 1. The largest absolute Gasteiger partial charge is 0.391 e. The molecule has 2 heterocycles. The van der Waals surface area contributed by atoms with E-state index in [4.69, 9.17) is 16.9 Å². The number of amides is 2. The average molecular weight is 306 g/mol. The number of carbonyl (C=O) groups excluding carboxylic acids is 1. The quantitative estimate of drug-likeness (QED) is 0.865. The minimum Gasteiger partial charge on any atom is -0.391 e. The number of rotatable bonds is 1. The van der Waals surface area contributed by atoms with E-state index >= 15 is 0 Å². The van der Waals surface area contributed by atoms with Crippen molar-refractivity contribution in [2.75, 3.05) is 11.4 Å². The minimum absolute atomic E-state index is 0.104. The minimum atomic E-state index is -0.483. The number of aliphatic hydroxyl groups excluding tert-OH is 1. The highest BCUT2D eigenvalue weighted by molar-refractivity contribution is 6.33. The topological polar surface area (TPSA) is 67.6 Å². The Morgan fingerprint density at radius 3 is 2.81 bits per heavy atom. The highest BCUT2D eigenvalue weighted by atomic mass is 35.5. The number of benzene rings is 1. The second-order valence-electron chi connectivity index (χ2n) is 5.62. The molecule has 0 spiro atoms. The van der Waals surface area contributed by atoms with Crippen LogP contribution in [0.2, 0.25) is 5.02 Å². The van der Waals surface area contributed by atoms with Crippen molar-refractivity contribution in [3.63, 3.8) is 0 Å². The predicted molar refractivity (Wildman–Crippen MR) is 79.4 cm³/mol. The van der Waals surface area contributed by atoms with Crippen LogP contribution < -0.4 is 4.90 Å². The van der Waals surface area contributed by atoms with Gasteiger partial charge < -0.3 is 10.0 Å². The number of nitrogens with zero attached hydrogens (tertiary/aromatic N) is 3. The molecule has 0 aliphatic carbocycles. The van der Waals surface area contributed by atoms with Crippen molar-refractivity contribution in [3.8, 4) is 6.07 Å². The third-order valence-corrected chi connectivity index (χ3v) is 5.00. The van der Waals surface area contributed by atoms with Crippen molar-refractivity contribution in [2.24, 2.45) is 0 Å². The van der Waals surface area contributed by atoms with E-state index in [0.717, 1.165) is 0 Å².